The van der Waals surface area contributed by atoms with E-state index in [2.05, 4.69) is 79.0 Å². The number of H-pyrrole nitrogens is 2. The molecule has 3 aromatic heterocycles. The predicted molar refractivity (Wildman–Crippen MR) is 121 cm³/mol. The van der Waals surface area contributed by atoms with E-state index in [9.17, 15) is 0 Å². The van der Waals surface area contributed by atoms with Crippen molar-refractivity contribution in [3.05, 3.63) is 77.9 Å². The molecule has 0 aliphatic carbocycles. The topological polar surface area (TPSA) is 94.3 Å². The summed E-state index contributed by atoms with van der Waals surface area (Å²) < 4.78 is 0. The Labute approximate surface area is 174 Å². The first-order chi connectivity index (χ1) is 14.7. The highest BCUT2D eigenvalue weighted by Gasteiger charge is 2.05. The first-order valence-electron chi connectivity index (χ1n) is 10.0. The van der Waals surface area contributed by atoms with Crippen LogP contribution >= 0.6 is 0 Å². The summed E-state index contributed by atoms with van der Waals surface area (Å²) in [5.41, 5.74) is 6.89. The maximum Gasteiger partial charge on any atom is 0.224 e. The number of nitrogens with zero attached hydrogens (tertiary/aromatic N) is 3. The van der Waals surface area contributed by atoms with Gasteiger partial charge in [-0.1, -0.05) is 17.7 Å². The van der Waals surface area contributed by atoms with E-state index in [1.807, 2.05) is 12.1 Å². The number of nitrogens with one attached hydrogen (secondary N) is 4. The summed E-state index contributed by atoms with van der Waals surface area (Å²) in [5, 5.41) is 7.98. The molecule has 0 saturated carbocycles. The molecular weight excluding hydrogens is 374 g/mol. The molecule has 5 aromatic rings. The average Bonchev–Trinajstić information content (AvgIpc) is 3.39. The largest absolute Gasteiger partial charge is 0.370 e. The summed E-state index contributed by atoms with van der Waals surface area (Å²) in [6, 6.07) is 14.5. The van der Waals surface area contributed by atoms with Gasteiger partial charge in [-0.3, -0.25) is 0 Å². The molecule has 0 bridgehead atoms. The normalized spacial score (nSPS) is 11.2. The molecule has 3 heterocycles. The number of hydrogen-bond acceptors (Lipinski definition) is 5. The Hall–Kier alpha value is -3.87. The van der Waals surface area contributed by atoms with Crippen LogP contribution in [0.25, 0.3) is 21.9 Å². The number of anilines is 2. The summed E-state index contributed by atoms with van der Waals surface area (Å²) in [5.74, 6) is 1.42. The first kappa shape index (κ1) is 18.2. The number of rotatable bonds is 7. The number of imidazole rings is 1. The molecule has 0 unspecified atom stereocenters. The van der Waals surface area contributed by atoms with E-state index in [1.54, 1.807) is 12.5 Å². The van der Waals surface area contributed by atoms with Crippen molar-refractivity contribution in [2.75, 3.05) is 17.2 Å². The Bertz CT molecular complexity index is 1300. The monoisotopic (exact) mass is 397 g/mol. The molecule has 7 nitrogen and oxygen atoms in total. The van der Waals surface area contributed by atoms with Gasteiger partial charge in [0, 0.05) is 36.4 Å². The fourth-order valence-electron chi connectivity index (χ4n) is 3.64. The van der Waals surface area contributed by atoms with E-state index in [-0.39, 0.29) is 0 Å². The smallest absolute Gasteiger partial charge is 0.224 e. The van der Waals surface area contributed by atoms with Crippen LogP contribution < -0.4 is 10.6 Å². The number of aryl methyl sites for hydroxylation is 1. The van der Waals surface area contributed by atoms with Crippen LogP contribution in [0.3, 0.4) is 0 Å². The van der Waals surface area contributed by atoms with Gasteiger partial charge >= 0.3 is 0 Å². The van der Waals surface area contributed by atoms with Crippen LogP contribution in [-0.2, 0) is 13.0 Å². The highest BCUT2D eigenvalue weighted by molar-refractivity contribution is 5.83. The zero-order valence-electron chi connectivity index (χ0n) is 16.7. The van der Waals surface area contributed by atoms with E-state index in [1.165, 1.54) is 22.0 Å². The first-order valence-corrected chi connectivity index (χ1v) is 10.0. The Morgan fingerprint density at radius 3 is 2.87 bits per heavy atom. The molecule has 0 radical (unpaired) electrons. The molecule has 0 amide bonds. The quantitative estimate of drug-likeness (QED) is 0.326. The molecule has 0 atom stereocenters. The highest BCUT2D eigenvalue weighted by atomic mass is 15.1. The van der Waals surface area contributed by atoms with Gasteiger partial charge in [-0.15, -0.1) is 0 Å². The lowest BCUT2D eigenvalue weighted by molar-refractivity contribution is 0.997. The minimum atomic E-state index is 0.604. The lowest BCUT2D eigenvalue weighted by Gasteiger charge is -2.08. The fourth-order valence-corrected chi connectivity index (χ4v) is 3.64. The van der Waals surface area contributed by atoms with E-state index < -0.39 is 0 Å². The van der Waals surface area contributed by atoms with Crippen LogP contribution in [0.4, 0.5) is 11.8 Å². The predicted octanol–water partition coefficient (Wildman–Crippen LogP) is 4.41. The van der Waals surface area contributed by atoms with Gasteiger partial charge in [0.05, 0.1) is 17.4 Å². The lowest BCUT2D eigenvalue weighted by atomic mass is 10.1. The van der Waals surface area contributed by atoms with Crippen molar-refractivity contribution in [1.82, 2.24) is 24.9 Å². The zero-order chi connectivity index (χ0) is 20.3. The maximum atomic E-state index is 4.57. The van der Waals surface area contributed by atoms with Crippen LogP contribution in [0.5, 0.6) is 0 Å². The van der Waals surface area contributed by atoms with Gasteiger partial charge in [0.2, 0.25) is 5.95 Å². The number of aromatic amines is 2. The summed E-state index contributed by atoms with van der Waals surface area (Å²) in [4.78, 5) is 19.6. The summed E-state index contributed by atoms with van der Waals surface area (Å²) in [7, 11) is 0. The van der Waals surface area contributed by atoms with E-state index in [0.29, 0.717) is 12.5 Å². The second-order valence-electron chi connectivity index (χ2n) is 7.41. The van der Waals surface area contributed by atoms with Crippen LogP contribution in [0.1, 0.15) is 16.7 Å². The zero-order valence-corrected chi connectivity index (χ0v) is 16.7. The van der Waals surface area contributed by atoms with Crippen molar-refractivity contribution in [1.29, 1.82) is 0 Å². The Balaban J connectivity index is 1.19. The van der Waals surface area contributed by atoms with Crippen molar-refractivity contribution in [3.63, 3.8) is 0 Å². The lowest BCUT2D eigenvalue weighted by Crippen LogP contribution is -2.09. The molecule has 0 saturated heterocycles. The van der Waals surface area contributed by atoms with Crippen molar-refractivity contribution in [2.45, 2.75) is 19.9 Å². The molecule has 5 rings (SSSR count). The van der Waals surface area contributed by atoms with Gasteiger partial charge in [0.25, 0.3) is 0 Å². The number of aromatic nitrogens is 5. The number of fused-ring (bicyclic) bond motifs is 2. The molecule has 0 fully saturated rings. The SMILES string of the molecule is Cc1ccc2[nH]cc(CCNc3ccnc(NCc4ccc5nc[nH]c5c4)n3)c2c1. The summed E-state index contributed by atoms with van der Waals surface area (Å²) in [6.45, 7) is 3.57. The Morgan fingerprint density at radius 2 is 1.90 bits per heavy atom. The van der Waals surface area contributed by atoms with Gasteiger partial charge in [0.1, 0.15) is 5.82 Å². The minimum Gasteiger partial charge on any atom is -0.370 e. The molecule has 150 valence electrons. The highest BCUT2D eigenvalue weighted by Crippen LogP contribution is 2.20. The average molecular weight is 397 g/mol. The third kappa shape index (κ3) is 3.82. The van der Waals surface area contributed by atoms with Gasteiger partial charge in [-0.25, -0.2) is 9.97 Å². The minimum absolute atomic E-state index is 0.604. The fraction of sp³-hybridized carbons (Fsp3) is 0.174. The summed E-state index contributed by atoms with van der Waals surface area (Å²) in [6.07, 6.45) is 6.48. The summed E-state index contributed by atoms with van der Waals surface area (Å²) >= 11 is 0. The van der Waals surface area contributed by atoms with Gasteiger partial charge in [-0.2, -0.15) is 4.98 Å². The van der Waals surface area contributed by atoms with E-state index in [4.69, 9.17) is 0 Å². The Morgan fingerprint density at radius 1 is 0.933 bits per heavy atom. The molecule has 30 heavy (non-hydrogen) atoms. The molecule has 2 aromatic carbocycles. The van der Waals surface area contributed by atoms with Crippen LogP contribution in [-0.4, -0.2) is 31.5 Å². The third-order valence-electron chi connectivity index (χ3n) is 5.21. The molecular formula is C23H23N7. The number of hydrogen-bond donors (Lipinski definition) is 4. The van der Waals surface area contributed by atoms with Crippen LogP contribution in [0.15, 0.2) is 61.2 Å². The van der Waals surface area contributed by atoms with Gasteiger partial charge in [0.15, 0.2) is 0 Å². The third-order valence-corrected chi connectivity index (χ3v) is 5.21. The van der Waals surface area contributed by atoms with Crippen LogP contribution in [0, 0.1) is 6.92 Å². The van der Waals surface area contributed by atoms with Gasteiger partial charge in [-0.05, 0) is 54.8 Å². The van der Waals surface area contributed by atoms with Crippen LogP contribution in [0.2, 0.25) is 0 Å². The molecule has 7 heteroatoms. The second-order valence-corrected chi connectivity index (χ2v) is 7.41. The van der Waals surface area contributed by atoms with Crippen molar-refractivity contribution in [3.8, 4) is 0 Å². The molecule has 0 aliphatic heterocycles. The van der Waals surface area contributed by atoms with Gasteiger partial charge < -0.3 is 20.6 Å². The van der Waals surface area contributed by atoms with E-state index >= 15 is 0 Å². The Kier molecular flexibility index (Phi) is 4.77. The second kappa shape index (κ2) is 7.87. The molecule has 0 spiro atoms. The van der Waals surface area contributed by atoms with Crippen molar-refractivity contribution in [2.24, 2.45) is 0 Å². The molecule has 0 aliphatic rings. The van der Waals surface area contributed by atoms with Crippen molar-refractivity contribution >= 4 is 33.7 Å². The number of benzene rings is 2. The standard InChI is InChI=1S/C23H23N7/c1-15-2-4-19-18(10-15)17(13-26-19)6-8-24-22-7-9-25-23(30-22)27-12-16-3-5-20-21(11-16)29-14-28-20/h2-5,7,9-11,13-14,26H,6,8,12H2,1H3,(H,28,29)(H2,24,25,27,30). The molecule has 4 N–H and O–H groups in total. The van der Waals surface area contributed by atoms with Crippen molar-refractivity contribution < 1.29 is 0 Å². The van der Waals surface area contributed by atoms with E-state index in [0.717, 1.165) is 35.4 Å². The maximum absolute atomic E-state index is 4.57.